The fourth-order valence-electron chi connectivity index (χ4n) is 3.20. The van der Waals surface area contributed by atoms with Crippen molar-refractivity contribution in [2.24, 2.45) is 0 Å². The number of nitrogens with one attached hydrogen (secondary N) is 1. The van der Waals surface area contributed by atoms with Gasteiger partial charge >= 0.3 is 0 Å². The largest absolute Gasteiger partial charge is 0.387 e. The minimum Gasteiger partial charge on any atom is -0.387 e. The van der Waals surface area contributed by atoms with Gasteiger partial charge in [-0.1, -0.05) is 64.3 Å². The molecule has 0 amide bonds. The van der Waals surface area contributed by atoms with Crippen molar-refractivity contribution in [3.8, 4) is 0 Å². The lowest BCUT2D eigenvalue weighted by atomic mass is 9.86. The van der Waals surface area contributed by atoms with Gasteiger partial charge in [-0.05, 0) is 36.3 Å². The van der Waals surface area contributed by atoms with Crippen LogP contribution in [0.15, 0.2) is 24.3 Å². The molecule has 1 saturated carbocycles. The van der Waals surface area contributed by atoms with E-state index in [0.29, 0.717) is 6.04 Å². The lowest BCUT2D eigenvalue weighted by molar-refractivity contribution is 0.125. The fraction of sp³-hybridized carbons (Fsp3) is 0.684. The van der Waals surface area contributed by atoms with Crippen LogP contribution in [0.25, 0.3) is 0 Å². The molecule has 0 aromatic heterocycles. The molecular weight excluding hydrogens is 258 g/mol. The van der Waals surface area contributed by atoms with Gasteiger partial charge in [-0.2, -0.15) is 0 Å². The third-order valence-corrected chi connectivity index (χ3v) is 4.70. The highest BCUT2D eigenvalue weighted by molar-refractivity contribution is 5.29. The van der Waals surface area contributed by atoms with E-state index in [1.54, 1.807) is 0 Å². The second-order valence-electron chi connectivity index (χ2n) is 7.61. The maximum atomic E-state index is 10.6. The van der Waals surface area contributed by atoms with Crippen LogP contribution in [0.3, 0.4) is 0 Å². The van der Waals surface area contributed by atoms with E-state index in [4.69, 9.17) is 0 Å². The summed E-state index contributed by atoms with van der Waals surface area (Å²) >= 11 is 0. The molecule has 0 spiro atoms. The Morgan fingerprint density at radius 3 is 2.14 bits per heavy atom. The average Bonchev–Trinajstić information content (AvgIpc) is 2.46. The Morgan fingerprint density at radius 1 is 1.05 bits per heavy atom. The Bertz CT molecular complexity index is 426. The first-order chi connectivity index (χ1) is 9.88. The highest BCUT2D eigenvalue weighted by Gasteiger charge is 2.22. The Morgan fingerprint density at radius 2 is 1.62 bits per heavy atom. The van der Waals surface area contributed by atoms with Gasteiger partial charge in [0.25, 0.3) is 0 Å². The summed E-state index contributed by atoms with van der Waals surface area (Å²) in [4.78, 5) is 0. The normalized spacial score (nSPS) is 20.2. The van der Waals surface area contributed by atoms with Gasteiger partial charge in [-0.25, -0.2) is 0 Å². The molecule has 2 nitrogen and oxygen atoms in total. The van der Waals surface area contributed by atoms with Crippen molar-refractivity contribution in [3.05, 3.63) is 35.4 Å². The van der Waals surface area contributed by atoms with Crippen LogP contribution in [-0.2, 0) is 5.41 Å². The van der Waals surface area contributed by atoms with Crippen LogP contribution in [0.5, 0.6) is 0 Å². The van der Waals surface area contributed by atoms with E-state index in [1.165, 1.54) is 37.7 Å². The third kappa shape index (κ3) is 4.55. The standard InChI is InChI=1S/C19H31NO/c1-14(20-17-8-6-5-7-9-17)18(21)15-10-12-16(13-11-15)19(2,3)4/h10-14,17-18,20-21H,5-9H2,1-4H3. The number of aliphatic hydroxyl groups is 1. The molecule has 0 aliphatic heterocycles. The number of hydrogen-bond donors (Lipinski definition) is 2. The molecule has 0 radical (unpaired) electrons. The van der Waals surface area contributed by atoms with E-state index in [-0.39, 0.29) is 11.5 Å². The first-order valence-corrected chi connectivity index (χ1v) is 8.42. The predicted molar refractivity (Wildman–Crippen MR) is 89.6 cm³/mol. The molecule has 2 rings (SSSR count). The number of benzene rings is 1. The van der Waals surface area contributed by atoms with Gasteiger partial charge in [0, 0.05) is 12.1 Å². The van der Waals surface area contributed by atoms with E-state index in [9.17, 15) is 5.11 Å². The minimum atomic E-state index is -0.430. The second-order valence-corrected chi connectivity index (χ2v) is 7.61. The Kier molecular flexibility index (Phi) is 5.45. The minimum absolute atomic E-state index is 0.105. The summed E-state index contributed by atoms with van der Waals surface area (Å²) < 4.78 is 0. The lowest BCUT2D eigenvalue weighted by Gasteiger charge is -2.29. The van der Waals surface area contributed by atoms with Crippen LogP contribution in [0, 0.1) is 0 Å². The van der Waals surface area contributed by atoms with Crippen LogP contribution in [0.2, 0.25) is 0 Å². The van der Waals surface area contributed by atoms with E-state index < -0.39 is 6.10 Å². The topological polar surface area (TPSA) is 32.3 Å². The Balaban J connectivity index is 1.96. The molecule has 1 fully saturated rings. The molecule has 2 heteroatoms. The summed E-state index contributed by atoms with van der Waals surface area (Å²) in [6.07, 6.45) is 6.08. The van der Waals surface area contributed by atoms with Crippen LogP contribution in [-0.4, -0.2) is 17.2 Å². The smallest absolute Gasteiger partial charge is 0.0940 e. The molecule has 21 heavy (non-hydrogen) atoms. The summed E-state index contributed by atoms with van der Waals surface area (Å²) in [7, 11) is 0. The summed E-state index contributed by atoms with van der Waals surface area (Å²) in [5, 5.41) is 14.2. The summed E-state index contributed by atoms with van der Waals surface area (Å²) in [5.41, 5.74) is 2.49. The number of aliphatic hydroxyl groups excluding tert-OH is 1. The fourth-order valence-corrected chi connectivity index (χ4v) is 3.20. The number of hydrogen-bond acceptors (Lipinski definition) is 2. The molecule has 1 aromatic rings. The van der Waals surface area contributed by atoms with E-state index in [0.717, 1.165) is 5.56 Å². The quantitative estimate of drug-likeness (QED) is 0.864. The number of rotatable bonds is 4. The molecule has 2 atom stereocenters. The van der Waals surface area contributed by atoms with Crippen molar-refractivity contribution in [2.75, 3.05) is 0 Å². The zero-order chi connectivity index (χ0) is 15.5. The Hall–Kier alpha value is -0.860. The molecule has 0 heterocycles. The molecule has 0 bridgehead atoms. The molecule has 1 aromatic carbocycles. The third-order valence-electron chi connectivity index (χ3n) is 4.70. The molecule has 1 aliphatic carbocycles. The zero-order valence-corrected chi connectivity index (χ0v) is 14.0. The van der Waals surface area contributed by atoms with Crippen molar-refractivity contribution in [3.63, 3.8) is 0 Å². The van der Waals surface area contributed by atoms with Crippen molar-refractivity contribution >= 4 is 0 Å². The van der Waals surface area contributed by atoms with Gasteiger partial charge < -0.3 is 10.4 Å². The van der Waals surface area contributed by atoms with Gasteiger partial charge in [0.1, 0.15) is 0 Å². The first kappa shape index (κ1) is 16.5. The van der Waals surface area contributed by atoms with E-state index in [2.05, 4.69) is 57.3 Å². The van der Waals surface area contributed by atoms with Gasteiger partial charge in [0.05, 0.1) is 6.10 Å². The summed E-state index contributed by atoms with van der Waals surface area (Å²) in [5.74, 6) is 0. The van der Waals surface area contributed by atoms with Crippen LogP contribution >= 0.6 is 0 Å². The van der Waals surface area contributed by atoms with Gasteiger partial charge in [0.2, 0.25) is 0 Å². The van der Waals surface area contributed by atoms with E-state index >= 15 is 0 Å². The van der Waals surface area contributed by atoms with Crippen LogP contribution in [0.1, 0.15) is 77.0 Å². The van der Waals surface area contributed by atoms with Crippen LogP contribution in [0.4, 0.5) is 0 Å². The second kappa shape index (κ2) is 6.93. The van der Waals surface area contributed by atoms with Gasteiger partial charge in [-0.3, -0.25) is 0 Å². The van der Waals surface area contributed by atoms with Crippen molar-refractivity contribution in [1.82, 2.24) is 5.32 Å². The highest BCUT2D eigenvalue weighted by Crippen LogP contribution is 2.26. The molecular formula is C19H31NO. The van der Waals surface area contributed by atoms with Crippen molar-refractivity contribution < 1.29 is 5.11 Å². The predicted octanol–water partition coefficient (Wildman–Crippen LogP) is 4.33. The molecule has 118 valence electrons. The highest BCUT2D eigenvalue weighted by atomic mass is 16.3. The molecule has 2 N–H and O–H groups in total. The molecule has 1 aliphatic rings. The maximum absolute atomic E-state index is 10.6. The zero-order valence-electron chi connectivity index (χ0n) is 14.0. The van der Waals surface area contributed by atoms with Crippen molar-refractivity contribution in [2.45, 2.75) is 83.4 Å². The van der Waals surface area contributed by atoms with Gasteiger partial charge in [-0.15, -0.1) is 0 Å². The maximum Gasteiger partial charge on any atom is 0.0940 e. The summed E-state index contributed by atoms with van der Waals surface area (Å²) in [6, 6.07) is 9.12. The molecule has 2 unspecified atom stereocenters. The Labute approximate surface area is 130 Å². The van der Waals surface area contributed by atoms with E-state index in [1.807, 2.05) is 0 Å². The monoisotopic (exact) mass is 289 g/mol. The SMILES string of the molecule is CC(NC1CCCCC1)C(O)c1ccc(C(C)(C)C)cc1. The lowest BCUT2D eigenvalue weighted by Crippen LogP contribution is -2.41. The molecule has 0 saturated heterocycles. The van der Waals surface area contributed by atoms with Crippen LogP contribution < -0.4 is 5.32 Å². The average molecular weight is 289 g/mol. The first-order valence-electron chi connectivity index (χ1n) is 8.42. The van der Waals surface area contributed by atoms with Gasteiger partial charge in [0.15, 0.2) is 0 Å². The summed E-state index contributed by atoms with van der Waals surface area (Å²) in [6.45, 7) is 8.74. The van der Waals surface area contributed by atoms with Crippen molar-refractivity contribution in [1.29, 1.82) is 0 Å².